The van der Waals surface area contributed by atoms with Crippen molar-refractivity contribution in [3.63, 3.8) is 0 Å². The van der Waals surface area contributed by atoms with E-state index in [1.807, 2.05) is 39.0 Å². The number of ether oxygens (including phenoxy) is 3. The molecule has 0 amide bonds. The largest absolute Gasteiger partial charge is 0.494 e. The molecule has 0 radical (unpaired) electrons. The Labute approximate surface area is 121 Å². The molecule has 0 bridgehead atoms. The second-order valence-corrected chi connectivity index (χ2v) is 4.95. The zero-order valence-corrected chi connectivity index (χ0v) is 12.9. The normalized spacial score (nSPS) is 12.7. The van der Waals surface area contributed by atoms with E-state index in [-0.39, 0.29) is 6.10 Å². The Hall–Kier alpha value is -1.10. The van der Waals surface area contributed by atoms with Gasteiger partial charge in [-0.15, -0.1) is 0 Å². The van der Waals surface area contributed by atoms with E-state index in [1.54, 1.807) is 6.92 Å². The van der Waals surface area contributed by atoms with Crippen LogP contribution in [0.15, 0.2) is 18.2 Å². The van der Waals surface area contributed by atoms with Crippen molar-refractivity contribution in [3.05, 3.63) is 29.3 Å². The van der Waals surface area contributed by atoms with Crippen LogP contribution in [0.1, 0.15) is 44.9 Å². The first-order valence-corrected chi connectivity index (χ1v) is 7.17. The molecule has 0 fully saturated rings. The Kier molecular flexibility index (Phi) is 7.59. The zero-order chi connectivity index (χ0) is 15.0. The molecular weight excluding hydrogens is 256 g/mol. The van der Waals surface area contributed by atoms with Crippen LogP contribution in [0.2, 0.25) is 0 Å². The van der Waals surface area contributed by atoms with Gasteiger partial charge in [0.05, 0.1) is 38.6 Å². The van der Waals surface area contributed by atoms with Crippen molar-refractivity contribution in [1.82, 2.24) is 0 Å². The lowest BCUT2D eigenvalue weighted by molar-refractivity contribution is 0.0138. The SMILES string of the molecule is CCOc1ccc(C(C)O)cc1COCCOC(C)C. The summed E-state index contributed by atoms with van der Waals surface area (Å²) in [6.07, 6.45) is -0.273. The number of hydrogen-bond acceptors (Lipinski definition) is 4. The van der Waals surface area contributed by atoms with Gasteiger partial charge in [-0.05, 0) is 45.4 Å². The fraction of sp³-hybridized carbons (Fsp3) is 0.625. The molecule has 114 valence electrons. The van der Waals surface area contributed by atoms with Crippen LogP contribution in [0.5, 0.6) is 5.75 Å². The first-order chi connectivity index (χ1) is 9.54. The maximum atomic E-state index is 9.64. The highest BCUT2D eigenvalue weighted by atomic mass is 16.5. The first-order valence-electron chi connectivity index (χ1n) is 7.17. The van der Waals surface area contributed by atoms with Crippen molar-refractivity contribution in [2.45, 2.75) is 46.5 Å². The smallest absolute Gasteiger partial charge is 0.124 e. The number of rotatable bonds is 9. The molecule has 0 saturated heterocycles. The van der Waals surface area contributed by atoms with Gasteiger partial charge in [-0.25, -0.2) is 0 Å². The van der Waals surface area contributed by atoms with E-state index >= 15 is 0 Å². The quantitative estimate of drug-likeness (QED) is 0.707. The first kappa shape index (κ1) is 17.0. The zero-order valence-electron chi connectivity index (χ0n) is 12.9. The molecule has 4 heteroatoms. The second kappa shape index (κ2) is 8.95. The molecule has 0 aliphatic heterocycles. The van der Waals surface area contributed by atoms with Crippen molar-refractivity contribution in [2.24, 2.45) is 0 Å². The van der Waals surface area contributed by atoms with Crippen LogP contribution in [0.3, 0.4) is 0 Å². The minimum atomic E-state index is -0.492. The van der Waals surface area contributed by atoms with Gasteiger partial charge in [0.1, 0.15) is 5.75 Å². The third-order valence-electron chi connectivity index (χ3n) is 2.80. The van der Waals surface area contributed by atoms with Gasteiger partial charge in [-0.3, -0.25) is 0 Å². The molecule has 0 aromatic heterocycles. The molecule has 0 aliphatic carbocycles. The third kappa shape index (κ3) is 5.90. The number of hydrogen-bond donors (Lipinski definition) is 1. The van der Waals surface area contributed by atoms with E-state index in [9.17, 15) is 5.11 Å². The standard InChI is InChI=1S/C16H26O4/c1-5-19-16-7-6-14(13(4)17)10-15(16)11-18-8-9-20-12(2)3/h6-7,10,12-13,17H,5,8-9,11H2,1-4H3. The fourth-order valence-corrected chi connectivity index (χ4v) is 1.79. The van der Waals surface area contributed by atoms with Crippen molar-refractivity contribution in [2.75, 3.05) is 19.8 Å². The van der Waals surface area contributed by atoms with Crippen LogP contribution in [0.4, 0.5) is 0 Å². The summed E-state index contributed by atoms with van der Waals surface area (Å²) in [5.74, 6) is 0.807. The maximum absolute atomic E-state index is 9.64. The highest BCUT2D eigenvalue weighted by Crippen LogP contribution is 2.24. The Balaban J connectivity index is 2.58. The molecule has 1 aromatic rings. The molecule has 0 aliphatic rings. The summed E-state index contributed by atoms with van der Waals surface area (Å²) >= 11 is 0. The van der Waals surface area contributed by atoms with E-state index in [0.29, 0.717) is 26.4 Å². The highest BCUT2D eigenvalue weighted by molar-refractivity contribution is 5.37. The average Bonchev–Trinajstić information content (AvgIpc) is 2.39. The Bertz CT molecular complexity index is 388. The summed E-state index contributed by atoms with van der Waals surface area (Å²) in [4.78, 5) is 0. The van der Waals surface area contributed by atoms with E-state index in [4.69, 9.17) is 14.2 Å². The monoisotopic (exact) mass is 282 g/mol. The Morgan fingerprint density at radius 1 is 1.15 bits per heavy atom. The van der Waals surface area contributed by atoms with E-state index in [0.717, 1.165) is 16.9 Å². The number of benzene rings is 1. The summed E-state index contributed by atoms with van der Waals surface area (Å²) in [7, 11) is 0. The average molecular weight is 282 g/mol. The predicted octanol–water partition coefficient (Wildman–Crippen LogP) is 3.08. The summed E-state index contributed by atoms with van der Waals surface area (Å²) in [5.41, 5.74) is 1.82. The van der Waals surface area contributed by atoms with Crippen LogP contribution in [0, 0.1) is 0 Å². The summed E-state index contributed by atoms with van der Waals surface area (Å²) in [6.45, 7) is 9.88. The summed E-state index contributed by atoms with van der Waals surface area (Å²) in [5, 5.41) is 9.64. The molecular formula is C16H26O4. The summed E-state index contributed by atoms with van der Waals surface area (Å²) in [6, 6.07) is 5.69. The van der Waals surface area contributed by atoms with Gasteiger partial charge < -0.3 is 19.3 Å². The molecule has 4 nitrogen and oxygen atoms in total. The van der Waals surface area contributed by atoms with Gasteiger partial charge in [0.25, 0.3) is 0 Å². The molecule has 0 heterocycles. The summed E-state index contributed by atoms with van der Waals surface area (Å²) < 4.78 is 16.6. The molecule has 1 aromatic carbocycles. The van der Waals surface area contributed by atoms with E-state index < -0.39 is 6.10 Å². The van der Waals surface area contributed by atoms with Crippen LogP contribution in [-0.4, -0.2) is 31.0 Å². The Morgan fingerprint density at radius 2 is 1.90 bits per heavy atom. The van der Waals surface area contributed by atoms with Gasteiger partial charge in [0.15, 0.2) is 0 Å². The van der Waals surface area contributed by atoms with Crippen molar-refractivity contribution >= 4 is 0 Å². The molecule has 1 rings (SSSR count). The minimum Gasteiger partial charge on any atom is -0.494 e. The molecule has 1 unspecified atom stereocenters. The Morgan fingerprint density at radius 3 is 2.50 bits per heavy atom. The van der Waals surface area contributed by atoms with Crippen molar-refractivity contribution < 1.29 is 19.3 Å². The maximum Gasteiger partial charge on any atom is 0.124 e. The van der Waals surface area contributed by atoms with Crippen LogP contribution in [0.25, 0.3) is 0 Å². The van der Waals surface area contributed by atoms with Crippen LogP contribution in [-0.2, 0) is 16.1 Å². The molecule has 1 N–H and O–H groups in total. The molecule has 0 spiro atoms. The van der Waals surface area contributed by atoms with Crippen LogP contribution >= 0.6 is 0 Å². The minimum absolute atomic E-state index is 0.219. The number of aliphatic hydroxyl groups is 1. The van der Waals surface area contributed by atoms with Gasteiger partial charge in [-0.2, -0.15) is 0 Å². The predicted molar refractivity (Wildman–Crippen MR) is 79.0 cm³/mol. The van der Waals surface area contributed by atoms with E-state index in [2.05, 4.69) is 0 Å². The lowest BCUT2D eigenvalue weighted by Gasteiger charge is -2.14. The lowest BCUT2D eigenvalue weighted by atomic mass is 10.1. The highest BCUT2D eigenvalue weighted by Gasteiger charge is 2.08. The van der Waals surface area contributed by atoms with Gasteiger partial charge in [-0.1, -0.05) is 6.07 Å². The van der Waals surface area contributed by atoms with Gasteiger partial charge >= 0.3 is 0 Å². The molecule has 0 saturated carbocycles. The topological polar surface area (TPSA) is 47.9 Å². The third-order valence-corrected chi connectivity index (χ3v) is 2.80. The lowest BCUT2D eigenvalue weighted by Crippen LogP contribution is -2.10. The van der Waals surface area contributed by atoms with Crippen molar-refractivity contribution in [3.8, 4) is 5.75 Å². The fourth-order valence-electron chi connectivity index (χ4n) is 1.79. The van der Waals surface area contributed by atoms with Gasteiger partial charge in [0.2, 0.25) is 0 Å². The molecule has 20 heavy (non-hydrogen) atoms. The molecule has 1 atom stereocenters. The van der Waals surface area contributed by atoms with E-state index in [1.165, 1.54) is 0 Å². The van der Waals surface area contributed by atoms with Crippen LogP contribution < -0.4 is 4.74 Å². The number of aliphatic hydroxyl groups excluding tert-OH is 1. The van der Waals surface area contributed by atoms with Gasteiger partial charge in [0, 0.05) is 5.56 Å². The second-order valence-electron chi connectivity index (χ2n) is 4.95. The van der Waals surface area contributed by atoms with Crippen molar-refractivity contribution in [1.29, 1.82) is 0 Å².